The summed E-state index contributed by atoms with van der Waals surface area (Å²) in [6, 6.07) is 0. The molecule has 0 radical (unpaired) electrons. The number of carbonyl (C=O) groups is 1. The zero-order valence-corrected chi connectivity index (χ0v) is 9.82. The molecule has 0 aromatic heterocycles. The molecule has 14 heavy (non-hydrogen) atoms. The standard InChI is InChI=1S/C10H20N2OS/c1-8(2)7-10(13)12-6-4-3-5-9(11)14/h8H,3-7H2,1-2H3,(H2,11,14)(H,12,13). The normalized spacial score (nSPS) is 10.2. The first kappa shape index (κ1) is 13.4. The molecular weight excluding hydrogens is 196 g/mol. The van der Waals surface area contributed by atoms with Gasteiger partial charge in [0.05, 0.1) is 4.99 Å². The fourth-order valence-corrected chi connectivity index (χ4v) is 1.24. The molecule has 0 atom stereocenters. The zero-order valence-electron chi connectivity index (χ0n) is 9.01. The van der Waals surface area contributed by atoms with Gasteiger partial charge in [-0.05, 0) is 25.2 Å². The number of hydrogen-bond donors (Lipinski definition) is 2. The van der Waals surface area contributed by atoms with E-state index in [0.29, 0.717) is 17.3 Å². The predicted molar refractivity (Wildman–Crippen MR) is 63.1 cm³/mol. The summed E-state index contributed by atoms with van der Waals surface area (Å²) < 4.78 is 0. The SMILES string of the molecule is CC(C)CC(=O)NCCCCC(N)=S. The maximum atomic E-state index is 11.2. The summed E-state index contributed by atoms with van der Waals surface area (Å²) in [6.45, 7) is 4.80. The van der Waals surface area contributed by atoms with E-state index in [0.717, 1.165) is 25.8 Å². The Hall–Kier alpha value is -0.640. The fraction of sp³-hybridized carbons (Fsp3) is 0.800. The van der Waals surface area contributed by atoms with Gasteiger partial charge in [0.2, 0.25) is 5.91 Å². The van der Waals surface area contributed by atoms with Crippen LogP contribution in [0.5, 0.6) is 0 Å². The van der Waals surface area contributed by atoms with Crippen molar-refractivity contribution in [3.63, 3.8) is 0 Å². The molecule has 0 aliphatic carbocycles. The smallest absolute Gasteiger partial charge is 0.220 e. The summed E-state index contributed by atoms with van der Waals surface area (Å²) in [5, 5.41) is 2.86. The summed E-state index contributed by atoms with van der Waals surface area (Å²) in [7, 11) is 0. The summed E-state index contributed by atoms with van der Waals surface area (Å²) in [6.07, 6.45) is 3.28. The van der Waals surface area contributed by atoms with E-state index < -0.39 is 0 Å². The number of nitrogens with one attached hydrogen (secondary N) is 1. The van der Waals surface area contributed by atoms with Crippen molar-refractivity contribution in [3.8, 4) is 0 Å². The van der Waals surface area contributed by atoms with Crippen LogP contribution in [0.15, 0.2) is 0 Å². The van der Waals surface area contributed by atoms with Gasteiger partial charge in [-0.15, -0.1) is 0 Å². The molecule has 0 aromatic rings. The van der Waals surface area contributed by atoms with Crippen LogP contribution in [0.25, 0.3) is 0 Å². The van der Waals surface area contributed by atoms with Gasteiger partial charge < -0.3 is 11.1 Å². The van der Waals surface area contributed by atoms with Crippen molar-refractivity contribution in [1.29, 1.82) is 0 Å². The Morgan fingerprint density at radius 3 is 2.57 bits per heavy atom. The lowest BCUT2D eigenvalue weighted by Crippen LogP contribution is -2.25. The highest BCUT2D eigenvalue weighted by Crippen LogP contribution is 1.99. The van der Waals surface area contributed by atoms with Gasteiger partial charge in [-0.25, -0.2) is 0 Å². The molecule has 82 valence electrons. The highest BCUT2D eigenvalue weighted by Gasteiger charge is 2.02. The summed E-state index contributed by atoms with van der Waals surface area (Å²) >= 11 is 4.74. The molecule has 0 fully saturated rings. The Bertz CT molecular complexity index is 193. The molecule has 0 saturated heterocycles. The Kier molecular flexibility index (Phi) is 7.38. The highest BCUT2D eigenvalue weighted by molar-refractivity contribution is 7.80. The lowest BCUT2D eigenvalue weighted by Gasteiger charge is -2.06. The molecule has 4 heteroatoms. The predicted octanol–water partition coefficient (Wildman–Crippen LogP) is 1.61. The number of unbranched alkanes of at least 4 members (excludes halogenated alkanes) is 1. The zero-order chi connectivity index (χ0) is 11.0. The van der Waals surface area contributed by atoms with Crippen LogP contribution >= 0.6 is 12.2 Å². The van der Waals surface area contributed by atoms with Crippen molar-refractivity contribution in [1.82, 2.24) is 5.32 Å². The van der Waals surface area contributed by atoms with Crippen molar-refractivity contribution in [2.75, 3.05) is 6.54 Å². The van der Waals surface area contributed by atoms with Gasteiger partial charge >= 0.3 is 0 Å². The maximum Gasteiger partial charge on any atom is 0.220 e. The van der Waals surface area contributed by atoms with E-state index in [9.17, 15) is 4.79 Å². The molecular formula is C10H20N2OS. The minimum absolute atomic E-state index is 0.135. The minimum Gasteiger partial charge on any atom is -0.393 e. The van der Waals surface area contributed by atoms with Crippen LogP contribution in [-0.4, -0.2) is 17.4 Å². The average Bonchev–Trinajstić information content (AvgIpc) is 2.01. The van der Waals surface area contributed by atoms with Gasteiger partial charge in [-0.2, -0.15) is 0 Å². The number of nitrogens with two attached hydrogens (primary N) is 1. The summed E-state index contributed by atoms with van der Waals surface area (Å²) in [5.41, 5.74) is 5.34. The first-order chi connectivity index (χ1) is 6.52. The highest BCUT2D eigenvalue weighted by atomic mass is 32.1. The van der Waals surface area contributed by atoms with Crippen LogP contribution in [0.4, 0.5) is 0 Å². The monoisotopic (exact) mass is 216 g/mol. The fourth-order valence-electron chi connectivity index (χ4n) is 1.09. The van der Waals surface area contributed by atoms with Crippen molar-refractivity contribution in [3.05, 3.63) is 0 Å². The Labute approximate surface area is 91.4 Å². The maximum absolute atomic E-state index is 11.2. The number of thiocarbonyl (C=S) groups is 1. The number of amides is 1. The molecule has 0 aliphatic heterocycles. The van der Waals surface area contributed by atoms with E-state index >= 15 is 0 Å². The molecule has 3 nitrogen and oxygen atoms in total. The Morgan fingerprint density at radius 2 is 2.07 bits per heavy atom. The van der Waals surface area contributed by atoms with Crippen LogP contribution in [0, 0.1) is 5.92 Å². The van der Waals surface area contributed by atoms with Crippen LogP contribution < -0.4 is 11.1 Å². The van der Waals surface area contributed by atoms with Crippen LogP contribution in [-0.2, 0) is 4.79 Å². The lowest BCUT2D eigenvalue weighted by atomic mass is 10.1. The summed E-state index contributed by atoms with van der Waals surface area (Å²) in [5.74, 6) is 0.557. The van der Waals surface area contributed by atoms with Gasteiger partial charge in [0, 0.05) is 13.0 Å². The summed E-state index contributed by atoms with van der Waals surface area (Å²) in [4.78, 5) is 11.7. The van der Waals surface area contributed by atoms with E-state index in [1.165, 1.54) is 0 Å². The van der Waals surface area contributed by atoms with Gasteiger partial charge in [-0.1, -0.05) is 26.1 Å². The van der Waals surface area contributed by atoms with Gasteiger partial charge in [0.25, 0.3) is 0 Å². The molecule has 0 aromatic carbocycles. The van der Waals surface area contributed by atoms with E-state index in [2.05, 4.69) is 5.32 Å². The Balaban J connectivity index is 3.27. The molecule has 0 heterocycles. The molecule has 0 bridgehead atoms. The van der Waals surface area contributed by atoms with Crippen molar-refractivity contribution in [2.45, 2.75) is 39.5 Å². The molecule has 0 rings (SSSR count). The molecule has 0 saturated carbocycles. The largest absolute Gasteiger partial charge is 0.393 e. The quantitative estimate of drug-likeness (QED) is 0.502. The second-order valence-corrected chi connectivity index (χ2v) is 4.40. The number of rotatable bonds is 7. The molecule has 3 N–H and O–H groups in total. The second-order valence-electron chi connectivity index (χ2n) is 3.87. The van der Waals surface area contributed by atoms with E-state index in [1.807, 2.05) is 13.8 Å². The third-order valence-corrected chi connectivity index (χ3v) is 1.97. The second kappa shape index (κ2) is 7.74. The number of hydrogen-bond acceptors (Lipinski definition) is 2. The molecule has 1 amide bonds. The molecule has 0 unspecified atom stereocenters. The van der Waals surface area contributed by atoms with Crippen molar-refractivity contribution < 1.29 is 4.79 Å². The van der Waals surface area contributed by atoms with E-state index in [-0.39, 0.29) is 5.91 Å². The molecule has 0 spiro atoms. The first-order valence-corrected chi connectivity index (χ1v) is 5.48. The van der Waals surface area contributed by atoms with Gasteiger partial charge in [-0.3, -0.25) is 4.79 Å². The third kappa shape index (κ3) is 9.45. The number of carbonyl (C=O) groups excluding carboxylic acids is 1. The van der Waals surface area contributed by atoms with Crippen LogP contribution in [0.1, 0.15) is 39.5 Å². The van der Waals surface area contributed by atoms with Crippen LogP contribution in [0.3, 0.4) is 0 Å². The Morgan fingerprint density at radius 1 is 1.43 bits per heavy atom. The van der Waals surface area contributed by atoms with Crippen molar-refractivity contribution in [2.24, 2.45) is 11.7 Å². The minimum atomic E-state index is 0.135. The molecule has 0 aliphatic rings. The van der Waals surface area contributed by atoms with Gasteiger partial charge in [0.15, 0.2) is 0 Å². The van der Waals surface area contributed by atoms with Gasteiger partial charge in [0.1, 0.15) is 0 Å². The first-order valence-electron chi connectivity index (χ1n) is 5.07. The lowest BCUT2D eigenvalue weighted by molar-refractivity contribution is -0.121. The van der Waals surface area contributed by atoms with Crippen molar-refractivity contribution >= 4 is 23.1 Å². The van der Waals surface area contributed by atoms with E-state index in [1.54, 1.807) is 0 Å². The average molecular weight is 216 g/mol. The topological polar surface area (TPSA) is 55.1 Å². The van der Waals surface area contributed by atoms with Crippen LogP contribution in [0.2, 0.25) is 0 Å². The third-order valence-electron chi connectivity index (χ3n) is 1.77. The van der Waals surface area contributed by atoms with E-state index in [4.69, 9.17) is 18.0 Å².